The average molecular weight is 363 g/mol. The maximum atomic E-state index is 12.4. The van der Waals surface area contributed by atoms with Gasteiger partial charge in [0.05, 0.1) is 10.8 Å². The zero-order valence-corrected chi connectivity index (χ0v) is 15.5. The molecule has 25 heavy (non-hydrogen) atoms. The fourth-order valence-corrected chi connectivity index (χ4v) is 4.53. The van der Waals surface area contributed by atoms with Crippen LogP contribution in [0.1, 0.15) is 49.2 Å². The Morgan fingerprint density at radius 1 is 1.24 bits per heavy atom. The van der Waals surface area contributed by atoms with Crippen LogP contribution in [-0.4, -0.2) is 35.2 Å². The molecular weight excluding hydrogens is 338 g/mol. The Morgan fingerprint density at radius 3 is 2.76 bits per heavy atom. The van der Waals surface area contributed by atoms with E-state index >= 15 is 0 Å². The van der Waals surface area contributed by atoms with Crippen molar-refractivity contribution in [1.82, 2.24) is 15.8 Å². The number of thiophene rings is 1. The van der Waals surface area contributed by atoms with Crippen LogP contribution in [-0.2, 0) is 9.59 Å². The quantitative estimate of drug-likeness (QED) is 0.808. The van der Waals surface area contributed by atoms with Crippen molar-refractivity contribution in [2.24, 2.45) is 17.8 Å². The first-order valence-electron chi connectivity index (χ1n) is 8.90. The minimum absolute atomic E-state index is 0.0516. The number of likely N-dealkylation sites (tertiary alicyclic amines) is 1. The molecule has 3 rings (SSSR count). The van der Waals surface area contributed by atoms with E-state index < -0.39 is 5.92 Å². The summed E-state index contributed by atoms with van der Waals surface area (Å²) in [6.07, 6.45) is 3.57. The van der Waals surface area contributed by atoms with Crippen molar-refractivity contribution in [3.8, 4) is 0 Å². The molecule has 1 aromatic heterocycles. The zero-order chi connectivity index (χ0) is 18.0. The van der Waals surface area contributed by atoms with E-state index in [0.717, 1.165) is 12.8 Å². The lowest BCUT2D eigenvalue weighted by atomic mass is 9.77. The summed E-state index contributed by atoms with van der Waals surface area (Å²) in [6, 6.07) is 3.70. The summed E-state index contributed by atoms with van der Waals surface area (Å²) in [5.74, 6) is 0.0790. The predicted octanol–water partition coefficient (Wildman–Crippen LogP) is 2.18. The molecule has 6 nitrogen and oxygen atoms in total. The molecule has 0 bridgehead atoms. The highest BCUT2D eigenvalue weighted by atomic mass is 32.1. The van der Waals surface area contributed by atoms with Crippen LogP contribution in [0.25, 0.3) is 0 Å². The number of hydrogen-bond acceptors (Lipinski definition) is 4. The maximum Gasteiger partial charge on any atom is 0.279 e. The van der Waals surface area contributed by atoms with Gasteiger partial charge in [0.1, 0.15) is 0 Å². The van der Waals surface area contributed by atoms with E-state index in [9.17, 15) is 14.4 Å². The van der Waals surface area contributed by atoms with Gasteiger partial charge in [0, 0.05) is 19.0 Å². The van der Waals surface area contributed by atoms with Crippen LogP contribution in [0.5, 0.6) is 0 Å². The molecular formula is C18H25N3O3S. The number of hydrogen-bond donors (Lipinski definition) is 2. The lowest BCUT2D eigenvalue weighted by Crippen LogP contribution is -2.47. The molecule has 0 spiro atoms. The van der Waals surface area contributed by atoms with Crippen molar-refractivity contribution < 1.29 is 14.4 Å². The van der Waals surface area contributed by atoms with Crippen LogP contribution < -0.4 is 10.9 Å². The first-order chi connectivity index (χ1) is 12.0. The first kappa shape index (κ1) is 17.9. The topological polar surface area (TPSA) is 78.5 Å². The van der Waals surface area contributed by atoms with Gasteiger partial charge in [-0.05, 0) is 29.7 Å². The number of nitrogens with zero attached hydrogens (tertiary/aromatic N) is 1. The third-order valence-electron chi connectivity index (χ3n) is 5.64. The van der Waals surface area contributed by atoms with Gasteiger partial charge in [-0.3, -0.25) is 25.2 Å². The maximum absolute atomic E-state index is 12.4. The monoisotopic (exact) mass is 363 g/mol. The predicted molar refractivity (Wildman–Crippen MR) is 95.7 cm³/mol. The van der Waals surface area contributed by atoms with Crippen molar-refractivity contribution in [2.75, 3.05) is 6.54 Å². The molecule has 1 saturated carbocycles. The molecule has 1 saturated heterocycles. The molecule has 7 heteroatoms. The Bertz CT molecular complexity index is 646. The Balaban J connectivity index is 1.54. The van der Waals surface area contributed by atoms with Crippen molar-refractivity contribution in [1.29, 1.82) is 0 Å². The highest BCUT2D eigenvalue weighted by Crippen LogP contribution is 2.35. The molecule has 1 aromatic rings. The summed E-state index contributed by atoms with van der Waals surface area (Å²) in [4.78, 5) is 39.1. The van der Waals surface area contributed by atoms with Gasteiger partial charge in [0.25, 0.3) is 5.91 Å². The molecule has 0 aromatic carbocycles. The van der Waals surface area contributed by atoms with Crippen LogP contribution in [0, 0.1) is 17.8 Å². The van der Waals surface area contributed by atoms with Crippen LogP contribution >= 0.6 is 11.3 Å². The van der Waals surface area contributed by atoms with Crippen LogP contribution in [0.3, 0.4) is 0 Å². The molecule has 2 fully saturated rings. The normalized spacial score (nSPS) is 29.5. The summed E-state index contributed by atoms with van der Waals surface area (Å²) >= 11 is 1.31. The van der Waals surface area contributed by atoms with E-state index in [-0.39, 0.29) is 30.2 Å². The van der Waals surface area contributed by atoms with Gasteiger partial charge in [-0.15, -0.1) is 11.3 Å². The van der Waals surface area contributed by atoms with E-state index in [2.05, 4.69) is 24.7 Å². The van der Waals surface area contributed by atoms with Gasteiger partial charge < -0.3 is 4.90 Å². The minimum Gasteiger partial charge on any atom is -0.339 e. The van der Waals surface area contributed by atoms with Crippen LogP contribution in [0.2, 0.25) is 0 Å². The van der Waals surface area contributed by atoms with Gasteiger partial charge >= 0.3 is 0 Å². The number of hydrazine groups is 1. The molecule has 4 atom stereocenters. The highest BCUT2D eigenvalue weighted by Gasteiger charge is 2.41. The molecule has 136 valence electrons. The fourth-order valence-electron chi connectivity index (χ4n) is 3.91. The molecule has 2 aliphatic rings. The Morgan fingerprint density at radius 2 is 2.04 bits per heavy atom. The number of nitrogens with one attached hydrogen (secondary N) is 2. The minimum atomic E-state index is -0.402. The van der Waals surface area contributed by atoms with Crippen molar-refractivity contribution in [3.05, 3.63) is 22.4 Å². The van der Waals surface area contributed by atoms with E-state index in [4.69, 9.17) is 0 Å². The van der Waals surface area contributed by atoms with Crippen LogP contribution in [0.4, 0.5) is 0 Å². The summed E-state index contributed by atoms with van der Waals surface area (Å²) < 4.78 is 0. The summed E-state index contributed by atoms with van der Waals surface area (Å²) in [7, 11) is 0. The van der Waals surface area contributed by atoms with Crippen molar-refractivity contribution in [2.45, 2.75) is 45.6 Å². The second kappa shape index (κ2) is 7.56. The van der Waals surface area contributed by atoms with E-state index in [1.807, 2.05) is 4.90 Å². The van der Waals surface area contributed by atoms with E-state index in [0.29, 0.717) is 23.3 Å². The number of rotatable bonds is 3. The smallest absolute Gasteiger partial charge is 0.279 e. The van der Waals surface area contributed by atoms with Gasteiger partial charge in [0.15, 0.2) is 0 Å². The third-order valence-corrected chi connectivity index (χ3v) is 6.51. The van der Waals surface area contributed by atoms with Gasteiger partial charge in [-0.25, -0.2) is 0 Å². The number of carbonyl (C=O) groups is 3. The zero-order valence-electron chi connectivity index (χ0n) is 14.7. The fraction of sp³-hybridized carbons (Fsp3) is 0.611. The lowest BCUT2D eigenvalue weighted by molar-refractivity contribution is -0.132. The Hall–Kier alpha value is -1.89. The molecule has 2 N–H and O–H groups in total. The highest BCUT2D eigenvalue weighted by molar-refractivity contribution is 7.12. The summed E-state index contributed by atoms with van der Waals surface area (Å²) in [6.45, 7) is 4.89. The van der Waals surface area contributed by atoms with E-state index in [1.165, 1.54) is 17.8 Å². The molecule has 2 heterocycles. The second-order valence-electron chi connectivity index (χ2n) is 7.20. The van der Waals surface area contributed by atoms with Gasteiger partial charge in [-0.2, -0.15) is 0 Å². The largest absolute Gasteiger partial charge is 0.339 e. The van der Waals surface area contributed by atoms with Gasteiger partial charge in [0.2, 0.25) is 11.8 Å². The molecule has 3 amide bonds. The summed E-state index contributed by atoms with van der Waals surface area (Å²) in [5, 5.41) is 1.80. The lowest BCUT2D eigenvalue weighted by Gasteiger charge is -2.40. The van der Waals surface area contributed by atoms with Crippen LogP contribution in [0.15, 0.2) is 17.5 Å². The summed E-state index contributed by atoms with van der Waals surface area (Å²) in [5.41, 5.74) is 4.89. The molecule has 1 aliphatic carbocycles. The molecule has 4 unspecified atom stereocenters. The molecule has 0 radical (unpaired) electrons. The standard InChI is InChI=1S/C18H25N3O3S/c1-11-5-3-6-14(12(11)2)21-10-13(9-16(21)22)17(23)19-20-18(24)15-7-4-8-25-15/h4,7-8,11-14H,3,5-6,9-10H2,1-2H3,(H,19,23)(H,20,24). The number of amides is 3. The molecule has 1 aliphatic heterocycles. The average Bonchev–Trinajstić information content (AvgIpc) is 3.25. The second-order valence-corrected chi connectivity index (χ2v) is 8.15. The Labute approximate surface area is 151 Å². The van der Waals surface area contributed by atoms with Gasteiger partial charge in [-0.1, -0.05) is 32.8 Å². The SMILES string of the molecule is CC1CCCC(N2CC(C(=O)NNC(=O)c3cccs3)CC2=O)C1C. The Kier molecular flexibility index (Phi) is 5.42. The third kappa shape index (κ3) is 3.86. The first-order valence-corrected chi connectivity index (χ1v) is 9.78. The number of carbonyl (C=O) groups excluding carboxylic acids is 3. The van der Waals surface area contributed by atoms with E-state index in [1.54, 1.807) is 17.5 Å². The van der Waals surface area contributed by atoms with Crippen molar-refractivity contribution >= 4 is 29.1 Å². The van der Waals surface area contributed by atoms with Crippen molar-refractivity contribution in [3.63, 3.8) is 0 Å².